The molecule has 1 aromatic rings. The predicted molar refractivity (Wildman–Crippen MR) is 102 cm³/mol. The van der Waals surface area contributed by atoms with E-state index < -0.39 is 0 Å². The van der Waals surface area contributed by atoms with E-state index in [9.17, 15) is 0 Å². The minimum Gasteiger partial charge on any atom is -0.469 e. The molecule has 0 amide bonds. The molecule has 0 bridgehead atoms. The maximum absolute atomic E-state index is 5.59. The maximum Gasteiger partial charge on any atom is 0.191 e. The van der Waals surface area contributed by atoms with E-state index in [4.69, 9.17) is 13.9 Å². The smallest absolute Gasteiger partial charge is 0.191 e. The lowest BCUT2D eigenvalue weighted by Gasteiger charge is -2.12. The maximum atomic E-state index is 5.59. The van der Waals surface area contributed by atoms with E-state index >= 15 is 0 Å². The van der Waals surface area contributed by atoms with Gasteiger partial charge in [0.1, 0.15) is 5.76 Å². The third kappa shape index (κ3) is 12.5. The van der Waals surface area contributed by atoms with Crippen LogP contribution in [0, 0.1) is 5.92 Å². The first-order valence-corrected chi connectivity index (χ1v) is 9.42. The first kappa shape index (κ1) is 21.5. The highest BCUT2D eigenvalue weighted by molar-refractivity contribution is 5.79. The highest BCUT2D eigenvalue weighted by Crippen LogP contribution is 1.99. The van der Waals surface area contributed by atoms with E-state index in [0.29, 0.717) is 5.92 Å². The van der Waals surface area contributed by atoms with Gasteiger partial charge in [0.2, 0.25) is 0 Å². The van der Waals surface area contributed by atoms with Gasteiger partial charge in [0.15, 0.2) is 5.96 Å². The fourth-order valence-electron chi connectivity index (χ4n) is 2.14. The molecule has 0 saturated heterocycles. The SMILES string of the molecule is CCOCCCNC(=NCCCOCC(C)C)NCCc1ccco1. The Hall–Kier alpha value is -1.53. The van der Waals surface area contributed by atoms with Crippen molar-refractivity contribution in [1.29, 1.82) is 0 Å². The van der Waals surface area contributed by atoms with Crippen molar-refractivity contribution in [3.05, 3.63) is 24.2 Å². The molecule has 144 valence electrons. The first-order valence-electron chi connectivity index (χ1n) is 9.42. The van der Waals surface area contributed by atoms with Crippen molar-refractivity contribution in [2.45, 2.75) is 40.0 Å². The number of hydrogen-bond acceptors (Lipinski definition) is 4. The van der Waals surface area contributed by atoms with Gasteiger partial charge in [-0.05, 0) is 37.8 Å². The number of rotatable bonds is 14. The second kappa shape index (κ2) is 14.8. The van der Waals surface area contributed by atoms with Crippen LogP contribution in [0.4, 0.5) is 0 Å². The predicted octanol–water partition coefficient (Wildman–Crippen LogP) is 2.85. The third-order valence-electron chi connectivity index (χ3n) is 3.37. The van der Waals surface area contributed by atoms with Gasteiger partial charge in [-0.1, -0.05) is 13.8 Å². The lowest BCUT2D eigenvalue weighted by atomic mass is 10.2. The van der Waals surface area contributed by atoms with Crippen molar-refractivity contribution < 1.29 is 13.9 Å². The zero-order valence-electron chi connectivity index (χ0n) is 16.1. The standard InChI is InChI=1S/C19H35N3O3/c1-4-23-13-6-10-20-19(21-11-7-14-24-16-17(2)3)22-12-9-18-8-5-15-25-18/h5,8,15,17H,4,6-7,9-14,16H2,1-3H3,(H2,20,21,22). The van der Waals surface area contributed by atoms with E-state index in [1.807, 2.05) is 19.1 Å². The molecule has 0 atom stereocenters. The second-order valence-corrected chi connectivity index (χ2v) is 6.29. The summed E-state index contributed by atoms with van der Waals surface area (Å²) in [6, 6.07) is 3.90. The summed E-state index contributed by atoms with van der Waals surface area (Å²) in [4.78, 5) is 4.62. The van der Waals surface area contributed by atoms with Crippen molar-refractivity contribution in [1.82, 2.24) is 10.6 Å². The Morgan fingerprint density at radius 1 is 1.16 bits per heavy atom. The van der Waals surface area contributed by atoms with Gasteiger partial charge in [0, 0.05) is 52.5 Å². The van der Waals surface area contributed by atoms with Crippen LogP contribution in [0.1, 0.15) is 39.4 Å². The van der Waals surface area contributed by atoms with Crippen molar-refractivity contribution in [3.63, 3.8) is 0 Å². The zero-order chi connectivity index (χ0) is 18.2. The molecule has 1 rings (SSSR count). The lowest BCUT2D eigenvalue weighted by Crippen LogP contribution is -2.39. The molecule has 0 spiro atoms. The fraction of sp³-hybridized carbons (Fsp3) is 0.737. The van der Waals surface area contributed by atoms with Gasteiger partial charge in [0.05, 0.1) is 6.26 Å². The molecular formula is C19H35N3O3. The lowest BCUT2D eigenvalue weighted by molar-refractivity contribution is 0.109. The number of nitrogens with zero attached hydrogens (tertiary/aromatic N) is 1. The Kier molecular flexibility index (Phi) is 12.7. The zero-order valence-corrected chi connectivity index (χ0v) is 16.1. The second-order valence-electron chi connectivity index (χ2n) is 6.29. The van der Waals surface area contributed by atoms with Gasteiger partial charge >= 0.3 is 0 Å². The van der Waals surface area contributed by atoms with Gasteiger partial charge in [0.25, 0.3) is 0 Å². The quantitative estimate of drug-likeness (QED) is 0.306. The van der Waals surface area contributed by atoms with Crippen LogP contribution in [0.2, 0.25) is 0 Å². The summed E-state index contributed by atoms with van der Waals surface area (Å²) in [5.41, 5.74) is 0. The average Bonchev–Trinajstić information content (AvgIpc) is 3.10. The number of ether oxygens (including phenoxy) is 2. The molecule has 0 aromatic carbocycles. The molecule has 0 aliphatic heterocycles. The largest absolute Gasteiger partial charge is 0.469 e. The van der Waals surface area contributed by atoms with Gasteiger partial charge in [-0.3, -0.25) is 4.99 Å². The Morgan fingerprint density at radius 2 is 1.96 bits per heavy atom. The van der Waals surface area contributed by atoms with E-state index in [2.05, 4.69) is 29.5 Å². The Morgan fingerprint density at radius 3 is 2.68 bits per heavy atom. The summed E-state index contributed by atoms with van der Waals surface area (Å²) < 4.78 is 16.3. The number of nitrogens with one attached hydrogen (secondary N) is 2. The molecule has 0 fully saturated rings. The molecule has 1 heterocycles. The molecule has 6 heteroatoms. The molecule has 0 saturated carbocycles. The summed E-state index contributed by atoms with van der Waals surface area (Å²) in [6.45, 7) is 11.8. The van der Waals surface area contributed by atoms with Gasteiger partial charge in [-0.15, -0.1) is 0 Å². The Balaban J connectivity index is 2.25. The molecule has 6 nitrogen and oxygen atoms in total. The number of aliphatic imine (C=N–C) groups is 1. The van der Waals surface area contributed by atoms with Crippen LogP contribution in [-0.4, -0.2) is 52.0 Å². The van der Waals surface area contributed by atoms with Crippen molar-refractivity contribution in [2.24, 2.45) is 10.9 Å². The van der Waals surface area contributed by atoms with Crippen molar-refractivity contribution >= 4 is 5.96 Å². The normalized spacial score (nSPS) is 11.9. The van der Waals surface area contributed by atoms with E-state index in [1.54, 1.807) is 6.26 Å². The highest BCUT2D eigenvalue weighted by Gasteiger charge is 2.01. The molecule has 0 unspecified atom stereocenters. The highest BCUT2D eigenvalue weighted by atomic mass is 16.5. The average molecular weight is 354 g/mol. The monoisotopic (exact) mass is 353 g/mol. The Labute approximate surface area is 152 Å². The summed E-state index contributed by atoms with van der Waals surface area (Å²) in [7, 11) is 0. The fourth-order valence-corrected chi connectivity index (χ4v) is 2.14. The van der Waals surface area contributed by atoms with Crippen LogP contribution in [0.25, 0.3) is 0 Å². The summed E-state index contributed by atoms with van der Waals surface area (Å²) >= 11 is 0. The summed E-state index contributed by atoms with van der Waals surface area (Å²) in [6.07, 6.45) is 4.43. The van der Waals surface area contributed by atoms with Crippen molar-refractivity contribution in [2.75, 3.05) is 46.1 Å². The van der Waals surface area contributed by atoms with E-state index in [-0.39, 0.29) is 0 Å². The van der Waals surface area contributed by atoms with E-state index in [1.165, 1.54) is 0 Å². The molecular weight excluding hydrogens is 318 g/mol. The van der Waals surface area contributed by atoms with Crippen LogP contribution in [0.5, 0.6) is 0 Å². The third-order valence-corrected chi connectivity index (χ3v) is 3.37. The molecule has 1 aromatic heterocycles. The van der Waals surface area contributed by atoms with Gasteiger partial charge < -0.3 is 24.5 Å². The number of hydrogen-bond donors (Lipinski definition) is 2. The molecule has 0 radical (unpaired) electrons. The minimum atomic E-state index is 0.578. The molecule has 2 N–H and O–H groups in total. The number of furan rings is 1. The molecule has 0 aliphatic rings. The summed E-state index contributed by atoms with van der Waals surface area (Å²) in [5, 5.41) is 6.71. The molecule has 25 heavy (non-hydrogen) atoms. The minimum absolute atomic E-state index is 0.578. The Bertz CT molecular complexity index is 433. The van der Waals surface area contributed by atoms with Crippen molar-refractivity contribution in [3.8, 4) is 0 Å². The van der Waals surface area contributed by atoms with E-state index in [0.717, 1.165) is 77.0 Å². The van der Waals surface area contributed by atoms with Gasteiger partial charge in [-0.2, -0.15) is 0 Å². The molecule has 0 aliphatic carbocycles. The van der Waals surface area contributed by atoms with Crippen LogP contribution >= 0.6 is 0 Å². The van der Waals surface area contributed by atoms with Crippen LogP contribution in [0.15, 0.2) is 27.8 Å². The van der Waals surface area contributed by atoms with Crippen LogP contribution in [-0.2, 0) is 15.9 Å². The van der Waals surface area contributed by atoms with Gasteiger partial charge in [-0.25, -0.2) is 0 Å². The topological polar surface area (TPSA) is 68.0 Å². The van der Waals surface area contributed by atoms with Crippen LogP contribution < -0.4 is 10.6 Å². The van der Waals surface area contributed by atoms with Crippen LogP contribution in [0.3, 0.4) is 0 Å². The first-order chi connectivity index (χ1) is 12.2. The summed E-state index contributed by atoms with van der Waals surface area (Å²) in [5.74, 6) is 2.39. The number of guanidine groups is 1.